The Labute approximate surface area is 185 Å². The molecular formula is C24H25N5O3. The third-order valence-electron chi connectivity index (χ3n) is 5.49. The van der Waals surface area contributed by atoms with Gasteiger partial charge in [-0.25, -0.2) is 14.6 Å². The Bertz CT molecular complexity index is 1240. The summed E-state index contributed by atoms with van der Waals surface area (Å²) >= 11 is 0. The SMILES string of the molecule is CC(C)n1ncc2c(C(=O)NCc3ccnc(OCC4CC4)c3)cc(-c3ccco3)nc21. The van der Waals surface area contributed by atoms with E-state index in [1.54, 1.807) is 30.8 Å². The molecule has 1 aliphatic rings. The predicted octanol–water partition coefficient (Wildman–Crippen LogP) is 4.39. The highest BCUT2D eigenvalue weighted by Crippen LogP contribution is 2.29. The third-order valence-corrected chi connectivity index (χ3v) is 5.49. The van der Waals surface area contributed by atoms with Crippen molar-refractivity contribution in [3.63, 3.8) is 0 Å². The van der Waals surface area contributed by atoms with Gasteiger partial charge in [-0.3, -0.25) is 4.79 Å². The number of pyridine rings is 2. The van der Waals surface area contributed by atoms with Crippen LogP contribution in [0.2, 0.25) is 0 Å². The van der Waals surface area contributed by atoms with Gasteiger partial charge in [-0.1, -0.05) is 0 Å². The lowest BCUT2D eigenvalue weighted by Gasteiger charge is -2.11. The first-order valence-corrected chi connectivity index (χ1v) is 10.9. The van der Waals surface area contributed by atoms with Gasteiger partial charge in [0.05, 0.1) is 30.0 Å². The van der Waals surface area contributed by atoms with E-state index in [1.807, 2.05) is 36.7 Å². The molecule has 1 saturated carbocycles. The van der Waals surface area contributed by atoms with Gasteiger partial charge in [0.2, 0.25) is 5.88 Å². The summed E-state index contributed by atoms with van der Waals surface area (Å²) in [5.74, 6) is 1.65. The molecule has 1 aliphatic carbocycles. The lowest BCUT2D eigenvalue weighted by atomic mass is 10.1. The van der Waals surface area contributed by atoms with Gasteiger partial charge in [0.15, 0.2) is 11.4 Å². The van der Waals surface area contributed by atoms with Gasteiger partial charge in [-0.2, -0.15) is 5.10 Å². The Hall–Kier alpha value is -3.68. The molecule has 1 N–H and O–H groups in total. The highest BCUT2D eigenvalue weighted by molar-refractivity contribution is 6.06. The van der Waals surface area contributed by atoms with Crippen LogP contribution in [0.3, 0.4) is 0 Å². The molecule has 1 fully saturated rings. The number of nitrogens with zero attached hydrogens (tertiary/aromatic N) is 4. The van der Waals surface area contributed by atoms with Crippen molar-refractivity contribution in [2.45, 2.75) is 39.3 Å². The Morgan fingerprint density at radius 2 is 2.19 bits per heavy atom. The number of hydrogen-bond donors (Lipinski definition) is 1. The summed E-state index contributed by atoms with van der Waals surface area (Å²) in [6, 6.07) is 9.22. The zero-order chi connectivity index (χ0) is 22.1. The van der Waals surface area contributed by atoms with Crippen LogP contribution in [0.1, 0.15) is 48.7 Å². The molecule has 32 heavy (non-hydrogen) atoms. The van der Waals surface area contributed by atoms with Crippen LogP contribution in [0.25, 0.3) is 22.5 Å². The molecule has 0 atom stereocenters. The minimum atomic E-state index is -0.203. The zero-order valence-electron chi connectivity index (χ0n) is 18.1. The van der Waals surface area contributed by atoms with E-state index < -0.39 is 0 Å². The topological polar surface area (TPSA) is 95.1 Å². The van der Waals surface area contributed by atoms with Gasteiger partial charge in [0, 0.05) is 24.8 Å². The van der Waals surface area contributed by atoms with Crippen LogP contribution in [-0.4, -0.2) is 32.3 Å². The molecule has 164 valence electrons. The minimum absolute atomic E-state index is 0.105. The maximum Gasteiger partial charge on any atom is 0.252 e. The lowest BCUT2D eigenvalue weighted by molar-refractivity contribution is 0.0952. The number of rotatable bonds is 8. The Morgan fingerprint density at radius 3 is 2.94 bits per heavy atom. The highest BCUT2D eigenvalue weighted by atomic mass is 16.5. The Kier molecular flexibility index (Phi) is 5.34. The molecule has 0 radical (unpaired) electrons. The van der Waals surface area contributed by atoms with Crippen molar-refractivity contribution in [2.24, 2.45) is 5.92 Å². The molecule has 0 aliphatic heterocycles. The van der Waals surface area contributed by atoms with Crippen molar-refractivity contribution in [3.05, 3.63) is 60.1 Å². The second-order valence-corrected chi connectivity index (χ2v) is 8.39. The van der Waals surface area contributed by atoms with E-state index in [0.29, 0.717) is 53.0 Å². The van der Waals surface area contributed by atoms with Crippen LogP contribution in [0.5, 0.6) is 5.88 Å². The number of furan rings is 1. The van der Waals surface area contributed by atoms with Crippen LogP contribution in [-0.2, 0) is 6.54 Å². The maximum absolute atomic E-state index is 13.2. The van der Waals surface area contributed by atoms with Crippen molar-refractivity contribution in [1.82, 2.24) is 25.1 Å². The van der Waals surface area contributed by atoms with Crippen molar-refractivity contribution in [2.75, 3.05) is 6.61 Å². The predicted molar refractivity (Wildman–Crippen MR) is 119 cm³/mol. The molecule has 0 spiro atoms. The number of hydrogen-bond acceptors (Lipinski definition) is 6. The molecule has 0 saturated heterocycles. The summed E-state index contributed by atoms with van der Waals surface area (Å²) in [6.45, 7) is 5.12. The fourth-order valence-electron chi connectivity index (χ4n) is 3.54. The number of aromatic nitrogens is 4. The lowest BCUT2D eigenvalue weighted by Crippen LogP contribution is -2.23. The Balaban J connectivity index is 1.40. The van der Waals surface area contributed by atoms with E-state index >= 15 is 0 Å². The molecule has 0 unspecified atom stereocenters. The van der Waals surface area contributed by atoms with Crippen LogP contribution in [0.15, 0.2) is 53.4 Å². The van der Waals surface area contributed by atoms with Gasteiger partial charge in [-0.05, 0) is 62.4 Å². The molecule has 8 heteroatoms. The summed E-state index contributed by atoms with van der Waals surface area (Å²) in [4.78, 5) is 22.2. The maximum atomic E-state index is 13.2. The van der Waals surface area contributed by atoms with Crippen molar-refractivity contribution in [1.29, 1.82) is 0 Å². The fraction of sp³-hybridized carbons (Fsp3) is 0.333. The molecule has 8 nitrogen and oxygen atoms in total. The molecule has 5 rings (SSSR count). The summed E-state index contributed by atoms with van der Waals surface area (Å²) in [7, 11) is 0. The number of carbonyl (C=O) groups excluding carboxylic acids is 1. The number of amides is 1. The summed E-state index contributed by atoms with van der Waals surface area (Å²) < 4.78 is 13.1. The molecule has 4 heterocycles. The van der Waals surface area contributed by atoms with Crippen molar-refractivity contribution in [3.8, 4) is 17.3 Å². The van der Waals surface area contributed by atoms with E-state index in [2.05, 4.69) is 15.4 Å². The van der Waals surface area contributed by atoms with Gasteiger partial charge in [0.25, 0.3) is 5.91 Å². The first-order chi connectivity index (χ1) is 15.6. The van der Waals surface area contributed by atoms with Crippen molar-refractivity contribution < 1.29 is 13.9 Å². The smallest absolute Gasteiger partial charge is 0.252 e. The molecule has 4 aromatic rings. The quantitative estimate of drug-likeness (QED) is 0.445. The number of carbonyl (C=O) groups is 1. The molecule has 0 bridgehead atoms. The summed E-state index contributed by atoms with van der Waals surface area (Å²) in [5.41, 5.74) is 2.68. The van der Waals surface area contributed by atoms with Gasteiger partial charge >= 0.3 is 0 Å². The molecule has 1 amide bonds. The van der Waals surface area contributed by atoms with Gasteiger partial charge in [-0.15, -0.1) is 0 Å². The van der Waals surface area contributed by atoms with Crippen molar-refractivity contribution >= 4 is 16.9 Å². The molecule has 4 aromatic heterocycles. The van der Waals surface area contributed by atoms with Crippen LogP contribution in [0.4, 0.5) is 0 Å². The van der Waals surface area contributed by atoms with Gasteiger partial charge in [0.1, 0.15) is 5.69 Å². The van der Waals surface area contributed by atoms with E-state index in [9.17, 15) is 4.79 Å². The second-order valence-electron chi connectivity index (χ2n) is 8.39. The first kappa shape index (κ1) is 20.2. The molecule has 0 aromatic carbocycles. The van der Waals surface area contributed by atoms with Gasteiger partial charge < -0.3 is 14.5 Å². The summed E-state index contributed by atoms with van der Waals surface area (Å²) in [5, 5.41) is 8.16. The second kappa shape index (κ2) is 8.45. The summed E-state index contributed by atoms with van der Waals surface area (Å²) in [6.07, 6.45) is 7.44. The average Bonchev–Trinajstić information content (AvgIpc) is 3.27. The average molecular weight is 431 g/mol. The standard InChI is InChI=1S/C24H25N5O3/c1-15(2)29-23-19(13-27-29)18(11-20(28-23)21-4-3-9-31-21)24(30)26-12-17-7-8-25-22(10-17)32-14-16-5-6-16/h3-4,7-11,13,15-16H,5-6,12,14H2,1-2H3,(H,26,30). The number of fused-ring (bicyclic) bond motifs is 1. The van der Waals surface area contributed by atoms with E-state index in [-0.39, 0.29) is 11.9 Å². The van der Waals surface area contributed by atoms with Crippen LogP contribution < -0.4 is 10.1 Å². The van der Waals surface area contributed by atoms with E-state index in [4.69, 9.17) is 14.1 Å². The first-order valence-electron chi connectivity index (χ1n) is 10.9. The third kappa shape index (κ3) is 4.21. The van der Waals surface area contributed by atoms with E-state index in [1.165, 1.54) is 12.8 Å². The highest BCUT2D eigenvalue weighted by Gasteiger charge is 2.22. The van der Waals surface area contributed by atoms with Crippen LogP contribution >= 0.6 is 0 Å². The normalized spacial score (nSPS) is 13.6. The fourth-order valence-corrected chi connectivity index (χ4v) is 3.54. The molecular weight excluding hydrogens is 406 g/mol. The minimum Gasteiger partial charge on any atom is -0.477 e. The number of nitrogens with one attached hydrogen (secondary N) is 1. The zero-order valence-corrected chi connectivity index (χ0v) is 18.1. The Morgan fingerprint density at radius 1 is 1.31 bits per heavy atom. The van der Waals surface area contributed by atoms with Crippen LogP contribution in [0, 0.1) is 5.92 Å². The largest absolute Gasteiger partial charge is 0.477 e. The monoisotopic (exact) mass is 431 g/mol. The number of ether oxygens (including phenoxy) is 1. The van der Waals surface area contributed by atoms with E-state index in [0.717, 1.165) is 5.56 Å².